The number of hydrogen-bond acceptors (Lipinski definition) is 6. The fourth-order valence-corrected chi connectivity index (χ4v) is 3.35. The molecule has 2 atom stereocenters. The molecule has 5 nitrogen and oxygen atoms in total. The number of rotatable bonds is 2. The summed E-state index contributed by atoms with van der Waals surface area (Å²) in [5.41, 5.74) is 0. The molecule has 0 aliphatic carbocycles. The van der Waals surface area contributed by atoms with Crippen LogP contribution in [0.5, 0.6) is 0 Å². The van der Waals surface area contributed by atoms with Gasteiger partial charge in [-0.3, -0.25) is 0 Å². The van der Waals surface area contributed by atoms with Crippen LogP contribution in [0.4, 0.5) is 5.82 Å². The van der Waals surface area contributed by atoms with E-state index in [0.717, 1.165) is 22.6 Å². The van der Waals surface area contributed by atoms with Crippen molar-refractivity contribution in [2.45, 2.75) is 19.1 Å². The molecule has 2 aromatic heterocycles. The van der Waals surface area contributed by atoms with Crippen molar-refractivity contribution < 1.29 is 9.84 Å². The van der Waals surface area contributed by atoms with Crippen LogP contribution in [-0.4, -0.2) is 47.0 Å². The molecule has 19 heavy (non-hydrogen) atoms. The zero-order valence-electron chi connectivity index (χ0n) is 10.4. The fourth-order valence-electron chi connectivity index (χ4n) is 2.37. The SMILES string of the molecule is CC1CN(c2nc(Cl)nc3sccc23)CC(CO)O1. The lowest BCUT2D eigenvalue weighted by Gasteiger charge is -2.37. The molecular weight excluding hydrogens is 286 g/mol. The lowest BCUT2D eigenvalue weighted by molar-refractivity contribution is -0.0422. The van der Waals surface area contributed by atoms with Crippen LogP contribution >= 0.6 is 22.9 Å². The van der Waals surface area contributed by atoms with Crippen molar-refractivity contribution >= 4 is 39.0 Å². The van der Waals surface area contributed by atoms with Gasteiger partial charge in [0, 0.05) is 13.1 Å². The molecule has 1 aliphatic heterocycles. The van der Waals surface area contributed by atoms with Gasteiger partial charge in [0.2, 0.25) is 5.28 Å². The van der Waals surface area contributed by atoms with Crippen molar-refractivity contribution in [1.29, 1.82) is 0 Å². The molecule has 1 aliphatic rings. The third-order valence-corrected chi connectivity index (χ3v) is 4.08. The molecule has 3 heterocycles. The highest BCUT2D eigenvalue weighted by molar-refractivity contribution is 7.16. The number of thiophene rings is 1. The number of ether oxygens (including phenoxy) is 1. The van der Waals surface area contributed by atoms with Gasteiger partial charge in [0.05, 0.1) is 24.2 Å². The lowest BCUT2D eigenvalue weighted by atomic mass is 10.2. The van der Waals surface area contributed by atoms with Crippen LogP contribution in [0.3, 0.4) is 0 Å². The van der Waals surface area contributed by atoms with E-state index in [0.29, 0.717) is 6.54 Å². The molecule has 0 amide bonds. The van der Waals surface area contributed by atoms with E-state index in [9.17, 15) is 5.11 Å². The minimum Gasteiger partial charge on any atom is -0.394 e. The Morgan fingerprint density at radius 2 is 2.37 bits per heavy atom. The molecule has 0 spiro atoms. The predicted octanol–water partition coefficient (Wildman–Crippen LogP) is 1.93. The standard InChI is InChI=1S/C12H14ClN3O2S/c1-7-4-16(5-8(6-17)18-7)10-9-2-3-19-11(9)15-12(13)14-10/h2-3,7-8,17H,4-6H2,1H3. The van der Waals surface area contributed by atoms with Gasteiger partial charge in [-0.25, -0.2) is 4.98 Å². The number of anilines is 1. The molecule has 0 bridgehead atoms. The quantitative estimate of drug-likeness (QED) is 0.859. The van der Waals surface area contributed by atoms with Crippen molar-refractivity contribution in [3.8, 4) is 0 Å². The average Bonchev–Trinajstić information content (AvgIpc) is 2.84. The summed E-state index contributed by atoms with van der Waals surface area (Å²) in [4.78, 5) is 11.6. The van der Waals surface area contributed by atoms with Crippen LogP contribution in [0.25, 0.3) is 10.2 Å². The van der Waals surface area contributed by atoms with E-state index >= 15 is 0 Å². The first-order valence-electron chi connectivity index (χ1n) is 6.09. The fraction of sp³-hybridized carbons (Fsp3) is 0.500. The third kappa shape index (κ3) is 2.53. The van der Waals surface area contributed by atoms with Gasteiger partial charge in [-0.05, 0) is 30.0 Å². The van der Waals surface area contributed by atoms with Crippen LogP contribution in [0, 0.1) is 0 Å². The van der Waals surface area contributed by atoms with Gasteiger partial charge in [-0.1, -0.05) is 0 Å². The molecule has 0 saturated carbocycles. The zero-order chi connectivity index (χ0) is 13.4. The number of morpholine rings is 1. The summed E-state index contributed by atoms with van der Waals surface area (Å²) in [6.07, 6.45) is -0.139. The number of fused-ring (bicyclic) bond motifs is 1. The smallest absolute Gasteiger partial charge is 0.225 e. The number of halogens is 1. The van der Waals surface area contributed by atoms with Crippen molar-refractivity contribution in [2.75, 3.05) is 24.6 Å². The van der Waals surface area contributed by atoms with Gasteiger partial charge in [0.25, 0.3) is 0 Å². The Morgan fingerprint density at radius 1 is 1.53 bits per heavy atom. The van der Waals surface area contributed by atoms with Crippen molar-refractivity contribution in [1.82, 2.24) is 9.97 Å². The molecule has 7 heteroatoms. The first-order valence-corrected chi connectivity index (χ1v) is 7.35. The summed E-state index contributed by atoms with van der Waals surface area (Å²) in [5.74, 6) is 0.824. The molecule has 102 valence electrons. The predicted molar refractivity (Wildman–Crippen MR) is 76.1 cm³/mol. The average molecular weight is 300 g/mol. The Kier molecular flexibility index (Phi) is 3.58. The van der Waals surface area contributed by atoms with E-state index in [4.69, 9.17) is 16.3 Å². The van der Waals surface area contributed by atoms with Crippen molar-refractivity contribution in [2.24, 2.45) is 0 Å². The highest BCUT2D eigenvalue weighted by Gasteiger charge is 2.27. The topological polar surface area (TPSA) is 58.5 Å². The maximum atomic E-state index is 9.29. The zero-order valence-corrected chi connectivity index (χ0v) is 12.0. The number of nitrogens with zero attached hydrogens (tertiary/aromatic N) is 3. The van der Waals surface area contributed by atoms with Gasteiger partial charge in [0.1, 0.15) is 10.6 Å². The van der Waals surface area contributed by atoms with Crippen molar-refractivity contribution in [3.05, 3.63) is 16.7 Å². The minimum absolute atomic E-state index is 0.00638. The molecular formula is C12H14ClN3O2S. The molecule has 1 fully saturated rings. The van der Waals surface area contributed by atoms with E-state index in [1.54, 1.807) is 11.3 Å². The molecule has 0 radical (unpaired) electrons. The first-order chi connectivity index (χ1) is 9.17. The number of aliphatic hydroxyl groups is 1. The maximum absolute atomic E-state index is 9.29. The summed E-state index contributed by atoms with van der Waals surface area (Å²) in [5, 5.41) is 12.5. The number of aliphatic hydroxyl groups excluding tert-OH is 1. The highest BCUT2D eigenvalue weighted by Crippen LogP contribution is 2.30. The first kappa shape index (κ1) is 13.1. The monoisotopic (exact) mass is 299 g/mol. The Labute approximate surface area is 119 Å². The van der Waals surface area contributed by atoms with Crippen LogP contribution in [0.1, 0.15) is 6.92 Å². The van der Waals surface area contributed by atoms with Gasteiger partial charge in [0.15, 0.2) is 0 Å². The summed E-state index contributed by atoms with van der Waals surface area (Å²) >= 11 is 7.53. The Morgan fingerprint density at radius 3 is 3.16 bits per heavy atom. The highest BCUT2D eigenvalue weighted by atomic mass is 35.5. The second-order valence-corrected chi connectivity index (χ2v) is 5.84. The normalized spacial score (nSPS) is 24.1. The molecule has 0 aromatic carbocycles. The Hall–Kier alpha value is -0.950. The molecule has 1 saturated heterocycles. The van der Waals surface area contributed by atoms with Gasteiger partial charge < -0.3 is 14.7 Å². The minimum atomic E-state index is -0.189. The Bertz CT molecular complexity index is 591. The van der Waals surface area contributed by atoms with E-state index < -0.39 is 0 Å². The largest absolute Gasteiger partial charge is 0.394 e. The molecule has 1 N–H and O–H groups in total. The Balaban J connectivity index is 2.00. The third-order valence-electron chi connectivity index (χ3n) is 3.11. The van der Waals surface area contributed by atoms with E-state index in [2.05, 4.69) is 14.9 Å². The maximum Gasteiger partial charge on any atom is 0.225 e. The van der Waals surface area contributed by atoms with Crippen LogP contribution < -0.4 is 4.90 Å². The molecule has 3 rings (SSSR count). The summed E-state index contributed by atoms with van der Waals surface area (Å²) in [6, 6.07) is 2.00. The van der Waals surface area contributed by atoms with Crippen molar-refractivity contribution in [3.63, 3.8) is 0 Å². The van der Waals surface area contributed by atoms with Crippen LogP contribution in [-0.2, 0) is 4.74 Å². The summed E-state index contributed by atoms with van der Waals surface area (Å²) < 4.78 is 5.65. The van der Waals surface area contributed by atoms with Crippen LogP contribution in [0.2, 0.25) is 5.28 Å². The summed E-state index contributed by atoms with van der Waals surface area (Å²) in [7, 11) is 0. The van der Waals surface area contributed by atoms with Gasteiger partial charge >= 0.3 is 0 Å². The van der Waals surface area contributed by atoms with E-state index in [1.165, 1.54) is 0 Å². The number of aromatic nitrogens is 2. The summed E-state index contributed by atoms with van der Waals surface area (Å²) in [6.45, 7) is 3.34. The van der Waals surface area contributed by atoms with E-state index in [1.807, 2.05) is 18.4 Å². The second-order valence-electron chi connectivity index (χ2n) is 4.61. The van der Waals surface area contributed by atoms with Gasteiger partial charge in [-0.2, -0.15) is 4.98 Å². The number of hydrogen-bond donors (Lipinski definition) is 1. The molecule has 2 unspecified atom stereocenters. The lowest BCUT2D eigenvalue weighted by Crippen LogP contribution is -2.48. The second kappa shape index (κ2) is 5.20. The van der Waals surface area contributed by atoms with Gasteiger partial charge in [-0.15, -0.1) is 11.3 Å². The molecule has 2 aromatic rings. The van der Waals surface area contributed by atoms with Crippen LogP contribution in [0.15, 0.2) is 11.4 Å². The van der Waals surface area contributed by atoms with E-state index in [-0.39, 0.29) is 24.1 Å².